The van der Waals surface area contributed by atoms with E-state index in [1.807, 2.05) is 19.1 Å². The standard InChI is InChI=1S/C17H15NO3/c1-2-13-16(11-6-5-7-12(19)10-11)18-21-17(13)14-8-3-4-9-15(14)20/h3-10,19-20H,2H2,1H3. The first-order valence-corrected chi connectivity index (χ1v) is 6.77. The highest BCUT2D eigenvalue weighted by molar-refractivity contribution is 5.75. The first-order valence-electron chi connectivity index (χ1n) is 6.77. The molecule has 21 heavy (non-hydrogen) atoms. The van der Waals surface area contributed by atoms with Crippen LogP contribution in [0.1, 0.15) is 12.5 Å². The van der Waals surface area contributed by atoms with Crippen LogP contribution in [0.15, 0.2) is 53.1 Å². The number of rotatable bonds is 3. The molecule has 0 atom stereocenters. The Balaban J connectivity index is 2.16. The Morgan fingerprint density at radius 1 is 1.05 bits per heavy atom. The maximum atomic E-state index is 9.98. The number of aromatic nitrogens is 1. The molecule has 1 heterocycles. The highest BCUT2D eigenvalue weighted by Crippen LogP contribution is 2.37. The lowest BCUT2D eigenvalue weighted by Crippen LogP contribution is -1.87. The molecule has 0 radical (unpaired) electrons. The van der Waals surface area contributed by atoms with E-state index in [2.05, 4.69) is 5.16 Å². The minimum Gasteiger partial charge on any atom is -0.508 e. The van der Waals surface area contributed by atoms with Gasteiger partial charge in [0.25, 0.3) is 0 Å². The lowest BCUT2D eigenvalue weighted by molar-refractivity contribution is 0.427. The second-order valence-electron chi connectivity index (χ2n) is 4.76. The van der Waals surface area contributed by atoms with Gasteiger partial charge in [0.15, 0.2) is 5.76 Å². The molecule has 4 heteroatoms. The lowest BCUT2D eigenvalue weighted by Gasteiger charge is -2.04. The second-order valence-corrected chi connectivity index (χ2v) is 4.76. The van der Waals surface area contributed by atoms with Crippen LogP contribution in [0.2, 0.25) is 0 Å². The zero-order valence-electron chi connectivity index (χ0n) is 11.6. The highest BCUT2D eigenvalue weighted by atomic mass is 16.5. The summed E-state index contributed by atoms with van der Waals surface area (Å²) in [6, 6.07) is 13.9. The van der Waals surface area contributed by atoms with Crippen LogP contribution in [0.5, 0.6) is 11.5 Å². The van der Waals surface area contributed by atoms with Gasteiger partial charge in [-0.25, -0.2) is 0 Å². The fourth-order valence-electron chi connectivity index (χ4n) is 2.39. The van der Waals surface area contributed by atoms with Crippen molar-refractivity contribution in [1.29, 1.82) is 0 Å². The van der Waals surface area contributed by atoms with Crippen molar-refractivity contribution in [3.05, 3.63) is 54.1 Å². The molecule has 0 spiro atoms. The third-order valence-corrected chi connectivity index (χ3v) is 3.41. The Morgan fingerprint density at radius 3 is 2.57 bits per heavy atom. The summed E-state index contributed by atoms with van der Waals surface area (Å²) in [4.78, 5) is 0. The minimum atomic E-state index is 0.158. The number of phenols is 2. The second kappa shape index (κ2) is 5.32. The van der Waals surface area contributed by atoms with Crippen LogP contribution in [0.3, 0.4) is 0 Å². The van der Waals surface area contributed by atoms with Gasteiger partial charge in [-0.1, -0.05) is 36.3 Å². The number of hydrogen-bond donors (Lipinski definition) is 2. The Morgan fingerprint density at radius 2 is 1.86 bits per heavy atom. The van der Waals surface area contributed by atoms with Gasteiger partial charge in [0.05, 0.1) is 5.56 Å². The smallest absolute Gasteiger partial charge is 0.174 e. The normalized spacial score (nSPS) is 10.7. The third-order valence-electron chi connectivity index (χ3n) is 3.41. The van der Waals surface area contributed by atoms with Gasteiger partial charge in [-0.05, 0) is 30.7 Å². The predicted molar refractivity (Wildman–Crippen MR) is 80.1 cm³/mol. The Bertz CT molecular complexity index is 777. The Kier molecular flexibility index (Phi) is 3.36. The molecular formula is C17H15NO3. The van der Waals surface area contributed by atoms with Crippen LogP contribution in [0, 0.1) is 0 Å². The number of phenolic OH excluding ortho intramolecular Hbond substituents is 2. The largest absolute Gasteiger partial charge is 0.508 e. The van der Waals surface area contributed by atoms with Crippen LogP contribution >= 0.6 is 0 Å². The molecule has 2 N–H and O–H groups in total. The van der Waals surface area contributed by atoms with Crippen molar-refractivity contribution in [2.75, 3.05) is 0 Å². The van der Waals surface area contributed by atoms with E-state index in [1.54, 1.807) is 36.4 Å². The Hall–Kier alpha value is -2.75. The number of hydrogen-bond acceptors (Lipinski definition) is 4. The molecule has 0 fully saturated rings. The predicted octanol–water partition coefficient (Wildman–Crippen LogP) is 3.98. The van der Waals surface area contributed by atoms with Gasteiger partial charge in [-0.3, -0.25) is 0 Å². The number of para-hydroxylation sites is 1. The Labute approximate surface area is 122 Å². The summed E-state index contributed by atoms with van der Waals surface area (Å²) in [5, 5.41) is 23.7. The minimum absolute atomic E-state index is 0.158. The van der Waals surface area contributed by atoms with Gasteiger partial charge in [-0.15, -0.1) is 0 Å². The molecule has 1 aromatic heterocycles. The van der Waals surface area contributed by atoms with E-state index < -0.39 is 0 Å². The third kappa shape index (κ3) is 2.36. The van der Waals surface area contributed by atoms with E-state index in [4.69, 9.17) is 4.52 Å². The number of aromatic hydroxyl groups is 2. The molecule has 2 aromatic carbocycles. The molecule has 0 unspecified atom stereocenters. The summed E-state index contributed by atoms with van der Waals surface area (Å²) < 4.78 is 5.46. The summed E-state index contributed by atoms with van der Waals surface area (Å²) in [6.45, 7) is 2.00. The van der Waals surface area contributed by atoms with Crippen LogP contribution < -0.4 is 0 Å². The fourth-order valence-corrected chi connectivity index (χ4v) is 2.39. The summed E-state index contributed by atoms with van der Waals surface area (Å²) in [5.41, 5.74) is 3.00. The van der Waals surface area contributed by atoms with Gasteiger partial charge in [0.2, 0.25) is 0 Å². The molecular weight excluding hydrogens is 266 g/mol. The molecule has 0 aliphatic carbocycles. The van der Waals surface area contributed by atoms with Crippen molar-refractivity contribution in [1.82, 2.24) is 5.16 Å². The summed E-state index contributed by atoms with van der Waals surface area (Å²) >= 11 is 0. The molecule has 0 bridgehead atoms. The molecule has 0 aliphatic rings. The highest BCUT2D eigenvalue weighted by Gasteiger charge is 2.19. The zero-order valence-corrected chi connectivity index (χ0v) is 11.6. The fraction of sp³-hybridized carbons (Fsp3) is 0.118. The topological polar surface area (TPSA) is 66.5 Å². The van der Waals surface area contributed by atoms with E-state index in [0.717, 1.165) is 11.1 Å². The maximum absolute atomic E-state index is 9.98. The molecule has 0 saturated carbocycles. The summed E-state index contributed by atoms with van der Waals surface area (Å²) in [5.74, 6) is 0.904. The lowest BCUT2D eigenvalue weighted by atomic mass is 10.00. The van der Waals surface area contributed by atoms with Crippen molar-refractivity contribution >= 4 is 0 Å². The van der Waals surface area contributed by atoms with E-state index in [-0.39, 0.29) is 11.5 Å². The van der Waals surface area contributed by atoms with E-state index in [1.165, 1.54) is 0 Å². The van der Waals surface area contributed by atoms with E-state index in [0.29, 0.717) is 23.4 Å². The average molecular weight is 281 g/mol. The molecule has 106 valence electrons. The van der Waals surface area contributed by atoms with Crippen LogP contribution in [0.25, 0.3) is 22.6 Å². The van der Waals surface area contributed by atoms with Gasteiger partial charge in [0, 0.05) is 11.1 Å². The SMILES string of the molecule is CCc1c(-c2cccc(O)c2)noc1-c1ccccc1O. The van der Waals surface area contributed by atoms with Crippen molar-refractivity contribution in [3.8, 4) is 34.1 Å². The van der Waals surface area contributed by atoms with Crippen LogP contribution in [0.4, 0.5) is 0 Å². The van der Waals surface area contributed by atoms with Crippen LogP contribution in [-0.4, -0.2) is 15.4 Å². The molecule has 3 rings (SSSR count). The quantitative estimate of drug-likeness (QED) is 0.762. The van der Waals surface area contributed by atoms with Crippen molar-refractivity contribution in [2.45, 2.75) is 13.3 Å². The monoisotopic (exact) mass is 281 g/mol. The van der Waals surface area contributed by atoms with Gasteiger partial charge in [0.1, 0.15) is 17.2 Å². The van der Waals surface area contributed by atoms with Crippen molar-refractivity contribution < 1.29 is 14.7 Å². The number of benzene rings is 2. The molecule has 4 nitrogen and oxygen atoms in total. The average Bonchev–Trinajstić information content (AvgIpc) is 2.91. The summed E-state index contributed by atoms with van der Waals surface area (Å²) in [7, 11) is 0. The molecule has 0 amide bonds. The molecule has 0 saturated heterocycles. The van der Waals surface area contributed by atoms with Gasteiger partial charge >= 0.3 is 0 Å². The first-order chi connectivity index (χ1) is 10.2. The molecule has 3 aromatic rings. The number of nitrogens with zero attached hydrogens (tertiary/aromatic N) is 1. The zero-order chi connectivity index (χ0) is 14.8. The van der Waals surface area contributed by atoms with Gasteiger partial charge in [-0.2, -0.15) is 0 Å². The van der Waals surface area contributed by atoms with Crippen molar-refractivity contribution in [3.63, 3.8) is 0 Å². The molecule has 0 aliphatic heterocycles. The van der Waals surface area contributed by atoms with Crippen LogP contribution in [-0.2, 0) is 6.42 Å². The summed E-state index contributed by atoms with van der Waals surface area (Å²) in [6.07, 6.45) is 0.707. The van der Waals surface area contributed by atoms with E-state index >= 15 is 0 Å². The van der Waals surface area contributed by atoms with Gasteiger partial charge < -0.3 is 14.7 Å². The first kappa shape index (κ1) is 13.2. The van der Waals surface area contributed by atoms with E-state index in [9.17, 15) is 10.2 Å². The van der Waals surface area contributed by atoms with Crippen molar-refractivity contribution in [2.24, 2.45) is 0 Å². The maximum Gasteiger partial charge on any atom is 0.174 e.